The van der Waals surface area contributed by atoms with Gasteiger partial charge in [-0.1, -0.05) is 26.8 Å². The van der Waals surface area contributed by atoms with Crippen molar-refractivity contribution in [2.75, 3.05) is 30.9 Å². The van der Waals surface area contributed by atoms with E-state index in [9.17, 15) is 14.7 Å². The largest absolute Gasteiger partial charge is 0.507 e. The van der Waals surface area contributed by atoms with Crippen molar-refractivity contribution in [1.29, 1.82) is 0 Å². The van der Waals surface area contributed by atoms with Gasteiger partial charge >= 0.3 is 0 Å². The second-order valence-corrected chi connectivity index (χ2v) is 10.0. The SMILES string of the molecule is Cc1cc(NC(=O)C2c3cc(N(C)C)ccc3CCN2C(=O)C(C)(C)C)c(C)c(C)c1O.Cl. The average Bonchev–Trinajstić information content (AvgIpc) is 2.73. The average molecular weight is 474 g/mol. The van der Waals surface area contributed by atoms with Crippen molar-refractivity contribution in [3.05, 3.63) is 52.1 Å². The lowest BCUT2D eigenvalue weighted by Gasteiger charge is -2.40. The molecule has 3 rings (SSSR count). The first-order chi connectivity index (χ1) is 14.8. The topological polar surface area (TPSA) is 72.9 Å². The van der Waals surface area contributed by atoms with E-state index < -0.39 is 11.5 Å². The molecule has 0 bridgehead atoms. The molecule has 1 atom stereocenters. The number of hydrogen-bond donors (Lipinski definition) is 2. The van der Waals surface area contributed by atoms with Crippen LogP contribution in [0.2, 0.25) is 0 Å². The number of aromatic hydroxyl groups is 1. The molecule has 2 aromatic carbocycles. The number of aryl methyl sites for hydroxylation is 1. The molecule has 2 aromatic rings. The second kappa shape index (κ2) is 9.64. The highest BCUT2D eigenvalue weighted by Gasteiger charge is 2.40. The van der Waals surface area contributed by atoms with Crippen LogP contribution in [0, 0.1) is 26.2 Å². The number of fused-ring (bicyclic) bond motifs is 1. The number of amides is 2. The quantitative estimate of drug-likeness (QED) is 0.621. The highest BCUT2D eigenvalue weighted by atomic mass is 35.5. The predicted octanol–water partition coefficient (Wildman–Crippen LogP) is 4.92. The molecule has 0 saturated carbocycles. The zero-order valence-corrected chi connectivity index (χ0v) is 21.7. The van der Waals surface area contributed by atoms with Gasteiger partial charge in [0.05, 0.1) is 0 Å². The van der Waals surface area contributed by atoms with Crippen molar-refractivity contribution >= 4 is 35.6 Å². The summed E-state index contributed by atoms with van der Waals surface area (Å²) in [7, 11) is 3.92. The van der Waals surface area contributed by atoms with E-state index in [-0.39, 0.29) is 30.0 Å². The molecule has 0 aromatic heterocycles. The smallest absolute Gasteiger partial charge is 0.251 e. The number of anilines is 2. The molecule has 6 nitrogen and oxygen atoms in total. The van der Waals surface area contributed by atoms with Crippen molar-refractivity contribution in [3.63, 3.8) is 0 Å². The summed E-state index contributed by atoms with van der Waals surface area (Å²) in [5.41, 5.74) is 5.24. The number of rotatable bonds is 3. The minimum absolute atomic E-state index is 0. The monoisotopic (exact) mass is 473 g/mol. The third-order valence-corrected chi connectivity index (χ3v) is 6.34. The van der Waals surface area contributed by atoms with E-state index in [0.29, 0.717) is 24.2 Å². The van der Waals surface area contributed by atoms with Gasteiger partial charge in [-0.05, 0) is 73.2 Å². The number of halogens is 1. The van der Waals surface area contributed by atoms with Gasteiger partial charge in [-0.15, -0.1) is 12.4 Å². The zero-order chi connectivity index (χ0) is 24.0. The Morgan fingerprint density at radius 1 is 1.09 bits per heavy atom. The van der Waals surface area contributed by atoms with Crippen LogP contribution in [-0.4, -0.2) is 42.5 Å². The Morgan fingerprint density at radius 3 is 2.30 bits per heavy atom. The van der Waals surface area contributed by atoms with Gasteiger partial charge in [-0.3, -0.25) is 9.59 Å². The van der Waals surface area contributed by atoms with E-state index in [4.69, 9.17) is 0 Å². The fourth-order valence-electron chi connectivity index (χ4n) is 4.21. The fourth-order valence-corrected chi connectivity index (χ4v) is 4.21. The summed E-state index contributed by atoms with van der Waals surface area (Å²) < 4.78 is 0. The molecule has 0 spiro atoms. The molecular formula is C26H36ClN3O3. The van der Waals surface area contributed by atoms with Crippen molar-refractivity contribution in [2.45, 2.75) is 54.0 Å². The second-order valence-electron chi connectivity index (χ2n) is 10.0. The molecule has 0 aliphatic carbocycles. The molecule has 1 aliphatic rings. The molecule has 33 heavy (non-hydrogen) atoms. The number of phenols is 1. The van der Waals surface area contributed by atoms with Crippen LogP contribution < -0.4 is 10.2 Å². The van der Waals surface area contributed by atoms with Crippen LogP contribution in [0.4, 0.5) is 11.4 Å². The van der Waals surface area contributed by atoms with Crippen molar-refractivity contribution in [1.82, 2.24) is 4.90 Å². The Morgan fingerprint density at radius 2 is 1.73 bits per heavy atom. The van der Waals surface area contributed by atoms with E-state index in [1.54, 1.807) is 11.0 Å². The summed E-state index contributed by atoms with van der Waals surface area (Å²) in [5, 5.41) is 13.3. The first-order valence-corrected chi connectivity index (χ1v) is 11.0. The lowest BCUT2D eigenvalue weighted by atomic mass is 9.87. The molecule has 7 heteroatoms. The molecule has 1 aliphatic heterocycles. The Balaban J connectivity index is 0.00000385. The summed E-state index contributed by atoms with van der Waals surface area (Å²) in [5.74, 6) is -0.0518. The van der Waals surface area contributed by atoms with Gasteiger partial charge in [-0.25, -0.2) is 0 Å². The van der Waals surface area contributed by atoms with Gasteiger partial charge in [0.15, 0.2) is 0 Å². The summed E-state index contributed by atoms with van der Waals surface area (Å²) in [6.07, 6.45) is 0.713. The predicted molar refractivity (Wildman–Crippen MR) is 137 cm³/mol. The van der Waals surface area contributed by atoms with E-state index in [1.807, 2.05) is 72.7 Å². The zero-order valence-electron chi connectivity index (χ0n) is 20.9. The maximum absolute atomic E-state index is 13.7. The van der Waals surface area contributed by atoms with Crippen molar-refractivity contribution in [3.8, 4) is 5.75 Å². The molecule has 180 valence electrons. The summed E-state index contributed by atoms with van der Waals surface area (Å²) in [4.78, 5) is 30.8. The van der Waals surface area contributed by atoms with Gasteiger partial charge < -0.3 is 20.2 Å². The van der Waals surface area contributed by atoms with E-state index in [2.05, 4.69) is 11.4 Å². The molecule has 1 unspecified atom stereocenters. The van der Waals surface area contributed by atoms with Crippen molar-refractivity contribution < 1.29 is 14.7 Å². The fraction of sp³-hybridized carbons (Fsp3) is 0.462. The number of hydrogen-bond acceptors (Lipinski definition) is 4. The van der Waals surface area contributed by atoms with E-state index in [1.165, 1.54) is 0 Å². The van der Waals surface area contributed by atoms with Crippen molar-refractivity contribution in [2.24, 2.45) is 5.41 Å². The molecule has 0 fully saturated rings. The molecule has 0 radical (unpaired) electrons. The summed E-state index contributed by atoms with van der Waals surface area (Å²) >= 11 is 0. The molecule has 1 heterocycles. The lowest BCUT2D eigenvalue weighted by Crippen LogP contribution is -2.49. The van der Waals surface area contributed by atoms with Crippen LogP contribution in [0.5, 0.6) is 5.75 Å². The van der Waals surface area contributed by atoms with Crippen LogP contribution in [0.15, 0.2) is 24.3 Å². The normalized spacial score (nSPS) is 15.4. The highest BCUT2D eigenvalue weighted by Crippen LogP contribution is 2.37. The van der Waals surface area contributed by atoms with Crippen LogP contribution in [0.1, 0.15) is 54.6 Å². The Kier molecular flexibility index (Phi) is 7.74. The van der Waals surface area contributed by atoms with Crippen LogP contribution >= 0.6 is 12.4 Å². The van der Waals surface area contributed by atoms with Gasteiger partial charge in [0.1, 0.15) is 11.8 Å². The van der Waals surface area contributed by atoms with Gasteiger partial charge in [0.25, 0.3) is 5.91 Å². The highest BCUT2D eigenvalue weighted by molar-refractivity contribution is 6.00. The van der Waals surface area contributed by atoms with Crippen LogP contribution in [0.25, 0.3) is 0 Å². The molecule has 2 N–H and O–H groups in total. The number of carbonyl (C=O) groups excluding carboxylic acids is 2. The maximum atomic E-state index is 13.7. The molecular weight excluding hydrogens is 438 g/mol. The van der Waals surface area contributed by atoms with E-state index in [0.717, 1.165) is 27.9 Å². The Labute approximate surface area is 203 Å². The van der Waals surface area contributed by atoms with Gasteiger partial charge in [0, 0.05) is 37.4 Å². The summed E-state index contributed by atoms with van der Waals surface area (Å²) in [6.45, 7) is 11.7. The number of benzene rings is 2. The third kappa shape index (κ3) is 5.11. The van der Waals surface area contributed by atoms with Crippen LogP contribution in [0.3, 0.4) is 0 Å². The Bertz CT molecular complexity index is 1070. The first kappa shape index (κ1) is 26.5. The van der Waals surface area contributed by atoms with Gasteiger partial charge in [0.2, 0.25) is 5.91 Å². The number of carbonyl (C=O) groups is 2. The van der Waals surface area contributed by atoms with Gasteiger partial charge in [-0.2, -0.15) is 0 Å². The minimum Gasteiger partial charge on any atom is -0.507 e. The maximum Gasteiger partial charge on any atom is 0.251 e. The Hall–Kier alpha value is -2.73. The first-order valence-electron chi connectivity index (χ1n) is 11.0. The minimum atomic E-state index is -0.723. The molecule has 2 amide bonds. The standard InChI is InChI=1S/C26H35N3O3.ClH/c1-15-13-21(16(2)17(3)23(15)30)27-24(31)22-20-14-19(28(7)8)10-9-18(20)11-12-29(22)25(32)26(4,5)6;/h9-10,13-14,22,30H,11-12H2,1-8H3,(H,27,31);1H. The number of phenolic OH excluding ortho intramolecular Hbond substituents is 1. The molecule has 0 saturated heterocycles. The number of nitrogens with zero attached hydrogens (tertiary/aromatic N) is 2. The lowest BCUT2D eigenvalue weighted by molar-refractivity contribution is -0.146. The van der Waals surface area contributed by atoms with Crippen LogP contribution in [-0.2, 0) is 16.0 Å². The third-order valence-electron chi connectivity index (χ3n) is 6.34. The summed E-state index contributed by atoms with van der Waals surface area (Å²) in [6, 6.07) is 7.18. The van der Waals surface area contributed by atoms with E-state index >= 15 is 0 Å². The number of nitrogens with one attached hydrogen (secondary N) is 1.